The molecule has 0 aliphatic carbocycles. The van der Waals surface area contributed by atoms with Crippen LogP contribution in [0.1, 0.15) is 25.2 Å². The fourth-order valence-electron chi connectivity index (χ4n) is 2.49. The molecule has 0 saturated carbocycles. The van der Waals surface area contributed by atoms with Crippen LogP contribution in [0.2, 0.25) is 0 Å². The maximum Gasteiger partial charge on any atom is 0.216 e. The van der Waals surface area contributed by atoms with Crippen LogP contribution in [0.25, 0.3) is 11.6 Å². The lowest BCUT2D eigenvalue weighted by Crippen LogP contribution is -2.37. The second-order valence-corrected chi connectivity index (χ2v) is 5.67. The van der Waals surface area contributed by atoms with E-state index in [4.69, 9.17) is 9.15 Å². The van der Waals surface area contributed by atoms with Crippen LogP contribution >= 0.6 is 0 Å². The summed E-state index contributed by atoms with van der Waals surface area (Å²) in [4.78, 5) is 9.05. The summed E-state index contributed by atoms with van der Waals surface area (Å²) in [5.74, 6) is 3.41. The first kappa shape index (κ1) is 18.5. The molecular formula is C19H24N6O2. The SMILES string of the molecule is CCNC(=NCc1ccccc1OCC)NCc1nc(-c2ccco2)n[nH]1. The molecule has 1 aromatic carbocycles. The van der Waals surface area contributed by atoms with Crippen LogP contribution in [0.15, 0.2) is 52.1 Å². The fourth-order valence-corrected chi connectivity index (χ4v) is 2.49. The third kappa shape index (κ3) is 5.10. The van der Waals surface area contributed by atoms with Gasteiger partial charge in [-0.25, -0.2) is 9.98 Å². The van der Waals surface area contributed by atoms with Crippen molar-refractivity contribution in [3.05, 3.63) is 54.0 Å². The van der Waals surface area contributed by atoms with E-state index >= 15 is 0 Å². The number of aromatic nitrogens is 3. The van der Waals surface area contributed by atoms with Crippen molar-refractivity contribution >= 4 is 5.96 Å². The number of nitrogens with zero attached hydrogens (tertiary/aromatic N) is 3. The number of H-pyrrole nitrogens is 1. The van der Waals surface area contributed by atoms with Gasteiger partial charge < -0.3 is 19.8 Å². The molecule has 0 bridgehead atoms. The van der Waals surface area contributed by atoms with E-state index in [1.54, 1.807) is 12.3 Å². The standard InChI is InChI=1S/C19H24N6O2/c1-3-20-19(21-12-14-8-5-6-9-15(14)26-4-2)22-13-17-23-18(25-24-17)16-10-7-11-27-16/h5-11H,3-4,12-13H2,1-2H3,(H2,20,21,22)(H,23,24,25). The van der Waals surface area contributed by atoms with Gasteiger partial charge in [0.15, 0.2) is 11.7 Å². The molecule has 0 aliphatic rings. The van der Waals surface area contributed by atoms with Crippen LogP contribution in [0.3, 0.4) is 0 Å². The number of nitrogens with one attached hydrogen (secondary N) is 3. The molecule has 0 spiro atoms. The molecule has 0 aliphatic heterocycles. The van der Waals surface area contributed by atoms with Gasteiger partial charge in [-0.3, -0.25) is 5.10 Å². The first-order valence-electron chi connectivity index (χ1n) is 8.98. The van der Waals surface area contributed by atoms with Crippen molar-refractivity contribution in [1.82, 2.24) is 25.8 Å². The first-order valence-corrected chi connectivity index (χ1v) is 8.98. The van der Waals surface area contributed by atoms with E-state index in [1.807, 2.05) is 44.2 Å². The number of hydrogen-bond acceptors (Lipinski definition) is 5. The smallest absolute Gasteiger partial charge is 0.216 e. The van der Waals surface area contributed by atoms with Crippen LogP contribution < -0.4 is 15.4 Å². The van der Waals surface area contributed by atoms with Crippen LogP contribution in [-0.2, 0) is 13.1 Å². The van der Waals surface area contributed by atoms with Gasteiger partial charge in [0.25, 0.3) is 0 Å². The van der Waals surface area contributed by atoms with Crippen molar-refractivity contribution in [3.8, 4) is 17.3 Å². The minimum atomic E-state index is 0.465. The molecule has 0 saturated heterocycles. The second-order valence-electron chi connectivity index (χ2n) is 5.67. The molecule has 2 heterocycles. The lowest BCUT2D eigenvalue weighted by Gasteiger charge is -2.11. The average molecular weight is 368 g/mol. The summed E-state index contributed by atoms with van der Waals surface area (Å²) >= 11 is 0. The van der Waals surface area contributed by atoms with Crippen LogP contribution in [-0.4, -0.2) is 34.3 Å². The second kappa shape index (κ2) is 9.42. The lowest BCUT2D eigenvalue weighted by molar-refractivity contribution is 0.336. The summed E-state index contributed by atoms with van der Waals surface area (Å²) in [5, 5.41) is 13.5. The van der Waals surface area contributed by atoms with E-state index in [0.29, 0.717) is 43.1 Å². The monoisotopic (exact) mass is 368 g/mol. The van der Waals surface area contributed by atoms with Gasteiger partial charge in [-0.1, -0.05) is 18.2 Å². The molecule has 3 N–H and O–H groups in total. The quantitative estimate of drug-likeness (QED) is 0.417. The van der Waals surface area contributed by atoms with Crippen molar-refractivity contribution < 1.29 is 9.15 Å². The highest BCUT2D eigenvalue weighted by Crippen LogP contribution is 2.18. The largest absolute Gasteiger partial charge is 0.494 e. The number of furan rings is 1. The zero-order valence-corrected chi connectivity index (χ0v) is 15.5. The Morgan fingerprint density at radius 1 is 1.19 bits per heavy atom. The van der Waals surface area contributed by atoms with E-state index in [-0.39, 0.29) is 0 Å². The summed E-state index contributed by atoms with van der Waals surface area (Å²) in [6, 6.07) is 11.5. The van der Waals surface area contributed by atoms with Gasteiger partial charge in [0, 0.05) is 12.1 Å². The minimum Gasteiger partial charge on any atom is -0.494 e. The van der Waals surface area contributed by atoms with E-state index < -0.39 is 0 Å². The number of benzene rings is 1. The Kier molecular flexibility index (Phi) is 6.45. The van der Waals surface area contributed by atoms with Gasteiger partial charge in [0.2, 0.25) is 5.82 Å². The van der Waals surface area contributed by atoms with Crippen molar-refractivity contribution in [1.29, 1.82) is 0 Å². The van der Waals surface area contributed by atoms with Crippen molar-refractivity contribution in [2.24, 2.45) is 4.99 Å². The molecule has 0 atom stereocenters. The normalized spacial score (nSPS) is 11.4. The molecule has 2 aromatic heterocycles. The third-order valence-electron chi connectivity index (χ3n) is 3.72. The lowest BCUT2D eigenvalue weighted by atomic mass is 10.2. The number of rotatable bonds is 8. The number of para-hydroxylation sites is 1. The van der Waals surface area contributed by atoms with Gasteiger partial charge in [-0.2, -0.15) is 0 Å². The number of hydrogen-bond donors (Lipinski definition) is 3. The fraction of sp³-hybridized carbons (Fsp3) is 0.316. The van der Waals surface area contributed by atoms with E-state index in [1.165, 1.54) is 0 Å². The van der Waals surface area contributed by atoms with Gasteiger partial charge in [-0.15, -0.1) is 5.10 Å². The molecule has 8 heteroatoms. The summed E-state index contributed by atoms with van der Waals surface area (Å²) in [6.45, 7) is 6.36. The molecule has 0 fully saturated rings. The molecular weight excluding hydrogens is 344 g/mol. The molecule has 3 aromatic rings. The third-order valence-corrected chi connectivity index (χ3v) is 3.72. The molecule has 3 rings (SSSR count). The Morgan fingerprint density at radius 2 is 2.07 bits per heavy atom. The summed E-state index contributed by atoms with van der Waals surface area (Å²) in [7, 11) is 0. The highest BCUT2D eigenvalue weighted by Gasteiger charge is 2.09. The molecule has 142 valence electrons. The zero-order valence-electron chi connectivity index (χ0n) is 15.5. The van der Waals surface area contributed by atoms with Crippen LogP contribution in [0.4, 0.5) is 0 Å². The topological polar surface area (TPSA) is 100 Å². The van der Waals surface area contributed by atoms with Gasteiger partial charge in [0.1, 0.15) is 11.6 Å². The Hall–Kier alpha value is -3.29. The van der Waals surface area contributed by atoms with Gasteiger partial charge in [-0.05, 0) is 32.0 Å². The maximum absolute atomic E-state index is 5.65. The zero-order chi connectivity index (χ0) is 18.9. The Balaban J connectivity index is 1.63. The van der Waals surface area contributed by atoms with E-state index in [0.717, 1.165) is 17.9 Å². The predicted octanol–water partition coefficient (Wildman–Crippen LogP) is 2.72. The summed E-state index contributed by atoms with van der Waals surface area (Å²) < 4.78 is 11.0. The van der Waals surface area contributed by atoms with Crippen molar-refractivity contribution in [2.45, 2.75) is 26.9 Å². The number of guanidine groups is 1. The van der Waals surface area contributed by atoms with Crippen LogP contribution in [0, 0.1) is 0 Å². The summed E-state index contributed by atoms with van der Waals surface area (Å²) in [5.41, 5.74) is 1.04. The van der Waals surface area contributed by atoms with Crippen molar-refractivity contribution in [2.75, 3.05) is 13.2 Å². The van der Waals surface area contributed by atoms with E-state index in [2.05, 4.69) is 30.8 Å². The highest BCUT2D eigenvalue weighted by atomic mass is 16.5. The molecule has 0 radical (unpaired) electrons. The Bertz CT molecular complexity index is 857. The van der Waals surface area contributed by atoms with Crippen molar-refractivity contribution in [3.63, 3.8) is 0 Å². The molecule has 0 amide bonds. The number of aromatic amines is 1. The number of aliphatic imine (C=N–C) groups is 1. The predicted molar refractivity (Wildman–Crippen MR) is 103 cm³/mol. The van der Waals surface area contributed by atoms with Gasteiger partial charge in [0.05, 0.1) is 26.0 Å². The molecule has 8 nitrogen and oxygen atoms in total. The average Bonchev–Trinajstić information content (AvgIpc) is 3.37. The highest BCUT2D eigenvalue weighted by molar-refractivity contribution is 5.79. The van der Waals surface area contributed by atoms with Gasteiger partial charge >= 0.3 is 0 Å². The minimum absolute atomic E-state index is 0.465. The molecule has 27 heavy (non-hydrogen) atoms. The maximum atomic E-state index is 5.65. The Labute approximate surface area is 158 Å². The molecule has 0 unspecified atom stereocenters. The van der Waals surface area contributed by atoms with E-state index in [9.17, 15) is 0 Å². The van der Waals surface area contributed by atoms with Crippen LogP contribution in [0.5, 0.6) is 5.75 Å². The number of ether oxygens (including phenoxy) is 1. The Morgan fingerprint density at radius 3 is 2.85 bits per heavy atom. The first-order chi connectivity index (χ1) is 13.3. The summed E-state index contributed by atoms with van der Waals surface area (Å²) in [6.07, 6.45) is 1.60.